The molecule has 0 radical (unpaired) electrons. The van der Waals surface area contributed by atoms with Gasteiger partial charge in [0.25, 0.3) is 5.91 Å². The lowest BCUT2D eigenvalue weighted by atomic mass is 10.1. The maximum Gasteiger partial charge on any atom is 0.332 e. The van der Waals surface area contributed by atoms with Gasteiger partial charge in [-0.2, -0.15) is 0 Å². The molecule has 0 saturated carbocycles. The molecule has 4 aromatic rings. The number of fused-ring (bicyclic) bond motifs is 5. The number of nitrogens with zero attached hydrogens (tertiary/aromatic N) is 7. The molecule has 9 nitrogen and oxygen atoms in total. The summed E-state index contributed by atoms with van der Waals surface area (Å²) in [5, 5.41) is 0. The van der Waals surface area contributed by atoms with Crippen molar-refractivity contribution in [3.8, 4) is 28.3 Å². The minimum Gasteiger partial charge on any atom is -0.340 e. The van der Waals surface area contributed by atoms with E-state index in [9.17, 15) is 9.59 Å². The Kier molecular flexibility index (Phi) is 4.62. The molecule has 3 amide bonds. The van der Waals surface area contributed by atoms with Crippen LogP contribution in [0.1, 0.15) is 5.56 Å². The number of anilines is 1. The van der Waals surface area contributed by atoms with E-state index in [0.29, 0.717) is 12.2 Å². The van der Waals surface area contributed by atoms with Crippen LogP contribution in [0.3, 0.4) is 0 Å². The largest absolute Gasteiger partial charge is 0.340 e. The summed E-state index contributed by atoms with van der Waals surface area (Å²) in [4.78, 5) is 39.2. The smallest absolute Gasteiger partial charge is 0.332 e. The summed E-state index contributed by atoms with van der Waals surface area (Å²) >= 11 is 0. The van der Waals surface area contributed by atoms with Crippen molar-refractivity contribution in [2.75, 3.05) is 31.6 Å². The zero-order valence-corrected chi connectivity index (χ0v) is 20.2. The Hall–Kier alpha value is -4.68. The van der Waals surface area contributed by atoms with Crippen LogP contribution in [0.4, 0.5) is 16.2 Å². The van der Waals surface area contributed by atoms with E-state index in [4.69, 9.17) is 6.57 Å². The highest BCUT2D eigenvalue weighted by atomic mass is 16.2. The summed E-state index contributed by atoms with van der Waals surface area (Å²) in [6.07, 6.45) is 5.83. The van der Waals surface area contributed by atoms with Gasteiger partial charge in [-0.15, -0.1) is 0 Å². The third-order valence-corrected chi connectivity index (χ3v) is 7.48. The predicted octanol–water partition coefficient (Wildman–Crippen LogP) is 4.00. The number of likely N-dealkylation sites (N-methyl/N-ethyl adjacent to an activating group) is 1. The minimum atomic E-state index is -0.244. The topological polar surface area (TPSA) is 71.0 Å². The zero-order chi connectivity index (χ0) is 25.3. The van der Waals surface area contributed by atoms with Gasteiger partial charge in [0.1, 0.15) is 6.54 Å². The first kappa shape index (κ1) is 21.6. The molecular formula is C28H23N7O2. The van der Waals surface area contributed by atoms with Gasteiger partial charge < -0.3 is 9.47 Å². The van der Waals surface area contributed by atoms with Crippen LogP contribution in [-0.2, 0) is 11.3 Å². The highest BCUT2D eigenvalue weighted by Crippen LogP contribution is 2.36. The van der Waals surface area contributed by atoms with Crippen LogP contribution in [0.25, 0.3) is 33.2 Å². The lowest BCUT2D eigenvalue weighted by Crippen LogP contribution is -2.59. The maximum atomic E-state index is 13.2. The Morgan fingerprint density at radius 2 is 1.81 bits per heavy atom. The predicted molar refractivity (Wildman–Crippen MR) is 139 cm³/mol. The van der Waals surface area contributed by atoms with Crippen molar-refractivity contribution >= 4 is 23.3 Å². The maximum absolute atomic E-state index is 13.2. The number of imidazole rings is 1. The monoisotopic (exact) mass is 489 g/mol. The number of carbonyl (C=O) groups excluding carboxylic acids is 2. The molecule has 0 bridgehead atoms. The molecule has 3 aliphatic heterocycles. The van der Waals surface area contributed by atoms with Crippen molar-refractivity contribution < 1.29 is 9.59 Å². The molecule has 2 fully saturated rings. The Labute approximate surface area is 213 Å². The van der Waals surface area contributed by atoms with E-state index in [1.165, 1.54) is 4.90 Å². The first-order chi connectivity index (χ1) is 18.0. The second-order valence-electron chi connectivity index (χ2n) is 9.84. The summed E-state index contributed by atoms with van der Waals surface area (Å²) in [6.45, 7) is 9.30. The Balaban J connectivity index is 1.26. The van der Waals surface area contributed by atoms with Gasteiger partial charge in [0.15, 0.2) is 11.5 Å². The first-order valence-electron chi connectivity index (χ1n) is 12.2. The second kappa shape index (κ2) is 7.91. The fourth-order valence-corrected chi connectivity index (χ4v) is 5.59. The molecule has 7 rings (SSSR count). The van der Waals surface area contributed by atoms with E-state index < -0.39 is 0 Å². The fourth-order valence-electron chi connectivity index (χ4n) is 5.59. The quantitative estimate of drug-likeness (QED) is 0.284. The molecule has 2 aromatic carbocycles. The fraction of sp³-hybridized carbons (Fsp3) is 0.214. The molecule has 9 heteroatoms. The molecule has 0 atom stereocenters. The molecule has 5 heterocycles. The summed E-state index contributed by atoms with van der Waals surface area (Å²) in [5.41, 5.74) is 6.42. The van der Waals surface area contributed by atoms with E-state index in [-0.39, 0.29) is 24.5 Å². The van der Waals surface area contributed by atoms with Crippen LogP contribution in [0.15, 0.2) is 67.1 Å². The average molecular weight is 490 g/mol. The van der Waals surface area contributed by atoms with Crippen LogP contribution >= 0.6 is 0 Å². The third kappa shape index (κ3) is 3.30. The van der Waals surface area contributed by atoms with Crippen molar-refractivity contribution in [1.82, 2.24) is 23.9 Å². The van der Waals surface area contributed by atoms with E-state index in [2.05, 4.69) is 36.1 Å². The molecule has 0 spiro atoms. The number of benzene rings is 2. The van der Waals surface area contributed by atoms with Crippen molar-refractivity contribution in [3.05, 3.63) is 84.1 Å². The Morgan fingerprint density at radius 3 is 2.57 bits per heavy atom. The summed E-state index contributed by atoms with van der Waals surface area (Å²) in [6, 6.07) is 15.3. The minimum absolute atomic E-state index is 0.0472. The van der Waals surface area contributed by atoms with Crippen LogP contribution in [0.5, 0.6) is 0 Å². The zero-order valence-electron chi connectivity index (χ0n) is 20.2. The number of likely N-dealkylation sites (tertiary alicyclic amines) is 1. The van der Waals surface area contributed by atoms with Gasteiger partial charge in [-0.05, 0) is 42.4 Å². The Bertz CT molecular complexity index is 1620. The van der Waals surface area contributed by atoms with E-state index in [1.54, 1.807) is 11.1 Å². The van der Waals surface area contributed by atoms with Crippen LogP contribution in [-0.4, -0.2) is 68.6 Å². The molecule has 2 saturated heterocycles. The lowest BCUT2D eigenvalue weighted by Gasteiger charge is -2.40. The summed E-state index contributed by atoms with van der Waals surface area (Å²) < 4.78 is 4.23. The van der Waals surface area contributed by atoms with Crippen molar-refractivity contribution in [1.29, 1.82) is 0 Å². The van der Waals surface area contributed by atoms with Crippen molar-refractivity contribution in [2.24, 2.45) is 0 Å². The SMILES string of the molecule is [C-]#[N+]c1ccc(-c2cc3n(c2)Cc2cc(N4CC(=O)N(C5CN(C)C5)C4=O)ccc2-n2ccnc2-3)cc1. The van der Waals surface area contributed by atoms with E-state index >= 15 is 0 Å². The summed E-state index contributed by atoms with van der Waals surface area (Å²) in [7, 11) is 1.99. The molecule has 182 valence electrons. The molecule has 0 unspecified atom stereocenters. The van der Waals surface area contributed by atoms with Crippen LogP contribution in [0.2, 0.25) is 0 Å². The van der Waals surface area contributed by atoms with Crippen LogP contribution < -0.4 is 4.90 Å². The van der Waals surface area contributed by atoms with Gasteiger partial charge in [0, 0.05) is 49.5 Å². The molecule has 2 aromatic heterocycles. The van der Waals surface area contributed by atoms with Gasteiger partial charge in [-0.3, -0.25) is 19.2 Å². The Morgan fingerprint density at radius 1 is 1.00 bits per heavy atom. The number of hydrogen-bond acceptors (Lipinski definition) is 4. The molecular weight excluding hydrogens is 466 g/mol. The third-order valence-electron chi connectivity index (χ3n) is 7.48. The standard InChI is InChI=1S/C28H23N7O2/c1-29-21-5-3-18(4-6-21)19-12-25-27-30-9-10-33(27)24-8-7-22(11-20(24)14-32(25)13-19)34-17-26(36)35(28(34)37)23-15-31(2)16-23/h3-13,23H,14-17H2,2H3. The first-order valence-corrected chi connectivity index (χ1v) is 12.2. The van der Waals surface area contributed by atoms with Gasteiger partial charge in [0.2, 0.25) is 0 Å². The van der Waals surface area contributed by atoms with Gasteiger partial charge in [-0.1, -0.05) is 24.3 Å². The normalized spacial score (nSPS) is 17.2. The number of imide groups is 1. The number of rotatable bonds is 3. The molecule has 0 N–H and O–H groups in total. The number of hydrogen-bond donors (Lipinski definition) is 0. The highest BCUT2D eigenvalue weighted by Gasteiger charge is 2.44. The summed E-state index contributed by atoms with van der Waals surface area (Å²) in [5.74, 6) is 0.694. The van der Waals surface area contributed by atoms with E-state index in [1.807, 2.05) is 55.7 Å². The number of urea groups is 1. The van der Waals surface area contributed by atoms with E-state index in [0.717, 1.165) is 52.7 Å². The van der Waals surface area contributed by atoms with Crippen LogP contribution in [0, 0.1) is 6.57 Å². The second-order valence-corrected chi connectivity index (χ2v) is 9.84. The number of carbonyl (C=O) groups is 2. The average Bonchev–Trinajstić information content (AvgIpc) is 3.58. The van der Waals surface area contributed by atoms with Crippen molar-refractivity contribution in [3.63, 3.8) is 0 Å². The molecule has 37 heavy (non-hydrogen) atoms. The molecule has 3 aliphatic rings. The van der Waals surface area contributed by atoms with Gasteiger partial charge >= 0.3 is 6.03 Å². The van der Waals surface area contributed by atoms with Crippen molar-refractivity contribution in [2.45, 2.75) is 12.6 Å². The highest BCUT2D eigenvalue weighted by molar-refractivity contribution is 6.12. The lowest BCUT2D eigenvalue weighted by molar-refractivity contribution is -0.128. The number of amides is 3. The van der Waals surface area contributed by atoms with Gasteiger partial charge in [0.05, 0.1) is 24.0 Å². The molecule has 0 aliphatic carbocycles. The van der Waals surface area contributed by atoms with Gasteiger partial charge in [-0.25, -0.2) is 14.6 Å². The number of aromatic nitrogens is 3.